The molecule has 1 aliphatic heterocycles. The molecule has 0 unspecified atom stereocenters. The topological polar surface area (TPSA) is 46.3 Å². The fourth-order valence-electron chi connectivity index (χ4n) is 2.51. The molecule has 3 nitrogen and oxygen atoms in total. The van der Waals surface area contributed by atoms with E-state index in [2.05, 4.69) is 0 Å². The van der Waals surface area contributed by atoms with Crippen molar-refractivity contribution >= 4 is 58.0 Å². The average molecular weight is 376 g/mol. The summed E-state index contributed by atoms with van der Waals surface area (Å²) in [6.07, 6.45) is 0. The number of anilines is 1. The summed E-state index contributed by atoms with van der Waals surface area (Å²) in [5, 5.41) is 1.77. The average Bonchev–Trinajstić information content (AvgIpc) is 2.48. The van der Waals surface area contributed by atoms with Gasteiger partial charge in [0, 0.05) is 15.7 Å². The minimum absolute atomic E-state index is 0.200. The number of nitrogens with zero attached hydrogens (tertiary/aromatic N) is 1. The van der Waals surface area contributed by atoms with Crippen molar-refractivity contribution in [1.29, 1.82) is 0 Å². The van der Waals surface area contributed by atoms with Gasteiger partial charge in [0.1, 0.15) is 6.04 Å². The molecule has 2 atom stereocenters. The number of amides is 1. The van der Waals surface area contributed by atoms with Crippen LogP contribution in [0.25, 0.3) is 0 Å². The number of nitrogens with two attached hydrogens (primary N) is 1. The molecule has 114 valence electrons. The molecule has 2 aromatic carbocycles. The fourth-order valence-corrected chi connectivity index (χ4v) is 3.32. The molecule has 22 heavy (non-hydrogen) atoms. The number of carbonyl (C=O) groups excluding carboxylic acids is 1. The maximum atomic E-state index is 12.2. The van der Waals surface area contributed by atoms with Gasteiger partial charge in [-0.25, -0.2) is 0 Å². The Labute approximate surface area is 147 Å². The molecular formula is C15H10Cl4N2O. The van der Waals surface area contributed by atoms with Gasteiger partial charge in [-0.2, -0.15) is 0 Å². The molecule has 1 heterocycles. The van der Waals surface area contributed by atoms with Crippen LogP contribution in [0.4, 0.5) is 5.69 Å². The number of hydrogen-bond acceptors (Lipinski definition) is 2. The van der Waals surface area contributed by atoms with Crippen LogP contribution in [0.5, 0.6) is 0 Å². The van der Waals surface area contributed by atoms with Gasteiger partial charge in [-0.15, -0.1) is 0 Å². The molecule has 2 N–H and O–H groups in total. The summed E-state index contributed by atoms with van der Waals surface area (Å²) in [6.45, 7) is 0. The number of benzene rings is 2. The standard InChI is InChI=1S/C15H10Cl4N2O/c16-7-1-3-9(11(18)5-7)14-13(20)15(22)21(14)8-2-4-10(17)12(19)6-8/h1-6,13-14H,20H2/t13-,14+/m0/s1. The maximum absolute atomic E-state index is 12.2. The molecule has 0 saturated carbocycles. The molecule has 1 amide bonds. The van der Waals surface area contributed by atoms with E-state index in [1.165, 1.54) is 0 Å². The van der Waals surface area contributed by atoms with Crippen molar-refractivity contribution < 1.29 is 4.79 Å². The molecule has 1 fully saturated rings. The van der Waals surface area contributed by atoms with Gasteiger partial charge < -0.3 is 10.6 Å². The Bertz CT molecular complexity index is 765. The summed E-state index contributed by atoms with van der Waals surface area (Å²) in [7, 11) is 0. The molecule has 0 radical (unpaired) electrons. The third-order valence-corrected chi connectivity index (χ3v) is 4.90. The number of carbonyl (C=O) groups is 1. The van der Waals surface area contributed by atoms with Gasteiger partial charge >= 0.3 is 0 Å². The number of rotatable bonds is 2. The second kappa shape index (κ2) is 5.91. The molecule has 0 spiro atoms. The van der Waals surface area contributed by atoms with Crippen LogP contribution in [-0.2, 0) is 4.79 Å². The lowest BCUT2D eigenvalue weighted by atomic mass is 9.88. The quantitative estimate of drug-likeness (QED) is 0.772. The van der Waals surface area contributed by atoms with Crippen LogP contribution >= 0.6 is 46.4 Å². The smallest absolute Gasteiger partial charge is 0.247 e. The van der Waals surface area contributed by atoms with Gasteiger partial charge in [0.2, 0.25) is 5.91 Å². The molecule has 7 heteroatoms. The lowest BCUT2D eigenvalue weighted by Crippen LogP contribution is -2.63. The summed E-state index contributed by atoms with van der Waals surface area (Å²) < 4.78 is 0. The normalized spacial score (nSPS) is 21.0. The highest BCUT2D eigenvalue weighted by atomic mass is 35.5. The molecule has 1 saturated heterocycles. The van der Waals surface area contributed by atoms with Crippen molar-refractivity contribution in [2.45, 2.75) is 12.1 Å². The first-order chi connectivity index (χ1) is 10.4. The van der Waals surface area contributed by atoms with Gasteiger partial charge in [0.15, 0.2) is 0 Å². The van der Waals surface area contributed by atoms with E-state index in [0.717, 1.165) is 5.56 Å². The van der Waals surface area contributed by atoms with Gasteiger partial charge in [-0.3, -0.25) is 4.79 Å². The molecule has 0 aliphatic carbocycles. The van der Waals surface area contributed by atoms with E-state index in [1.54, 1.807) is 41.3 Å². The van der Waals surface area contributed by atoms with Crippen molar-refractivity contribution in [3.63, 3.8) is 0 Å². The number of hydrogen-bond donors (Lipinski definition) is 1. The van der Waals surface area contributed by atoms with E-state index in [-0.39, 0.29) is 11.9 Å². The first-order valence-corrected chi connectivity index (χ1v) is 7.90. The van der Waals surface area contributed by atoms with Crippen molar-refractivity contribution in [3.05, 3.63) is 62.1 Å². The predicted octanol–water partition coefficient (Wildman–Crippen LogP) is 4.72. The zero-order valence-corrected chi connectivity index (χ0v) is 14.1. The van der Waals surface area contributed by atoms with E-state index in [9.17, 15) is 4.79 Å². The van der Waals surface area contributed by atoms with Crippen LogP contribution < -0.4 is 10.6 Å². The SMILES string of the molecule is N[C@@H]1C(=O)N(c2ccc(Cl)c(Cl)c2)[C@@H]1c1ccc(Cl)cc1Cl. The Morgan fingerprint density at radius 3 is 2.27 bits per heavy atom. The third kappa shape index (κ3) is 2.57. The minimum atomic E-state index is -0.659. The molecule has 0 aromatic heterocycles. The van der Waals surface area contributed by atoms with Crippen LogP contribution in [-0.4, -0.2) is 11.9 Å². The molecule has 0 bridgehead atoms. The van der Waals surface area contributed by atoms with E-state index in [4.69, 9.17) is 52.1 Å². The number of halogens is 4. The van der Waals surface area contributed by atoms with Crippen LogP contribution in [0.3, 0.4) is 0 Å². The summed E-state index contributed by atoms with van der Waals surface area (Å²) in [4.78, 5) is 13.7. The highest BCUT2D eigenvalue weighted by molar-refractivity contribution is 6.42. The molecule has 2 aromatic rings. The van der Waals surface area contributed by atoms with Crippen LogP contribution in [0.15, 0.2) is 36.4 Å². The highest BCUT2D eigenvalue weighted by Crippen LogP contribution is 2.42. The fraction of sp³-hybridized carbons (Fsp3) is 0.133. The van der Waals surface area contributed by atoms with Crippen molar-refractivity contribution in [2.75, 3.05) is 4.90 Å². The minimum Gasteiger partial charge on any atom is -0.318 e. The summed E-state index contributed by atoms with van der Waals surface area (Å²) in [6, 6.07) is 9.07. The van der Waals surface area contributed by atoms with Crippen LogP contribution in [0, 0.1) is 0 Å². The molecule has 1 aliphatic rings. The Morgan fingerprint density at radius 2 is 1.64 bits per heavy atom. The second-order valence-electron chi connectivity index (χ2n) is 4.94. The summed E-state index contributed by atoms with van der Waals surface area (Å²) in [5.41, 5.74) is 7.32. The Balaban J connectivity index is 2.02. The van der Waals surface area contributed by atoms with Gasteiger partial charge in [-0.1, -0.05) is 52.5 Å². The molecular weight excluding hydrogens is 366 g/mol. The predicted molar refractivity (Wildman–Crippen MR) is 91.1 cm³/mol. The summed E-state index contributed by atoms with van der Waals surface area (Å²) in [5.74, 6) is -0.200. The van der Waals surface area contributed by atoms with E-state index in [1.807, 2.05) is 0 Å². The Kier molecular flexibility index (Phi) is 4.27. The van der Waals surface area contributed by atoms with E-state index >= 15 is 0 Å². The lowest BCUT2D eigenvalue weighted by Gasteiger charge is -2.46. The van der Waals surface area contributed by atoms with Gasteiger partial charge in [0.05, 0.1) is 16.1 Å². The second-order valence-corrected chi connectivity index (χ2v) is 6.60. The van der Waals surface area contributed by atoms with Crippen molar-refractivity contribution in [2.24, 2.45) is 5.73 Å². The van der Waals surface area contributed by atoms with Gasteiger partial charge in [-0.05, 0) is 35.9 Å². The third-order valence-electron chi connectivity index (χ3n) is 3.60. The first-order valence-electron chi connectivity index (χ1n) is 6.39. The van der Waals surface area contributed by atoms with Crippen molar-refractivity contribution in [1.82, 2.24) is 0 Å². The summed E-state index contributed by atoms with van der Waals surface area (Å²) >= 11 is 24.1. The van der Waals surface area contributed by atoms with Crippen LogP contribution in [0.2, 0.25) is 20.1 Å². The lowest BCUT2D eigenvalue weighted by molar-refractivity contribution is -0.126. The van der Waals surface area contributed by atoms with Crippen LogP contribution in [0.1, 0.15) is 11.6 Å². The monoisotopic (exact) mass is 374 g/mol. The first kappa shape index (κ1) is 15.9. The zero-order valence-electron chi connectivity index (χ0n) is 11.1. The van der Waals surface area contributed by atoms with Crippen molar-refractivity contribution in [3.8, 4) is 0 Å². The largest absolute Gasteiger partial charge is 0.318 e. The Morgan fingerprint density at radius 1 is 0.909 bits per heavy atom. The van der Waals surface area contributed by atoms with E-state index in [0.29, 0.717) is 25.8 Å². The zero-order chi connectivity index (χ0) is 16.0. The number of β-lactam (4-membered cyclic amide) rings is 1. The highest BCUT2D eigenvalue weighted by Gasteiger charge is 2.47. The molecule has 3 rings (SSSR count). The van der Waals surface area contributed by atoms with Gasteiger partial charge in [0.25, 0.3) is 0 Å². The van der Waals surface area contributed by atoms with E-state index < -0.39 is 6.04 Å². The Hall–Kier alpha value is -0.970. The maximum Gasteiger partial charge on any atom is 0.247 e.